The number of hydrogen-bond acceptors (Lipinski definition) is 3. The van der Waals surface area contributed by atoms with Crippen molar-refractivity contribution in [3.63, 3.8) is 0 Å². The van der Waals surface area contributed by atoms with Gasteiger partial charge in [-0.15, -0.1) is 0 Å². The van der Waals surface area contributed by atoms with Gasteiger partial charge in [0.1, 0.15) is 0 Å². The summed E-state index contributed by atoms with van der Waals surface area (Å²) in [7, 11) is 0. The van der Waals surface area contributed by atoms with Crippen molar-refractivity contribution in [1.29, 1.82) is 0 Å². The Morgan fingerprint density at radius 1 is 0.288 bits per heavy atom. The molecule has 4 heterocycles. The van der Waals surface area contributed by atoms with Gasteiger partial charge in [-0.3, -0.25) is 4.98 Å². The van der Waals surface area contributed by atoms with E-state index in [0.29, 0.717) is 0 Å². The molecule has 5 nitrogen and oxygen atoms in total. The molecule has 0 radical (unpaired) electrons. The molecule has 9 aromatic carbocycles. The van der Waals surface area contributed by atoms with Gasteiger partial charge in [-0.05, 0) is 119 Å². The molecule has 0 saturated heterocycles. The van der Waals surface area contributed by atoms with Gasteiger partial charge < -0.3 is 18.9 Å². The standard InChI is InChI=1S/C61H41N5/c1-3-16-40(17-4-1)63-34-35-64(41-18-5-2-6-19-41)60-39-54-52(38-59(60)63)46-31-29-42(36-51(46)45-21-8-7-20-44(45)50-25-15-33-62-61(50)54)66-57-28-14-11-24-49(57)53-37-43(30-32-58(53)66)65-55-26-12-9-22-47(55)48-23-10-13-27-56(48)65/h1-33,36-39H,34-35H2. The molecule has 0 atom stereocenters. The highest BCUT2D eigenvalue weighted by molar-refractivity contribution is 6.13. The molecule has 0 saturated carbocycles. The fraction of sp³-hybridized carbons (Fsp3) is 0.0328. The number of hydrogen-bond donors (Lipinski definition) is 0. The smallest absolute Gasteiger partial charge is 0.0787 e. The van der Waals surface area contributed by atoms with Crippen molar-refractivity contribution in [3.8, 4) is 56.0 Å². The third-order valence-electron chi connectivity index (χ3n) is 14.0. The van der Waals surface area contributed by atoms with Crippen LogP contribution in [0.2, 0.25) is 0 Å². The summed E-state index contributed by atoms with van der Waals surface area (Å²) in [4.78, 5) is 10.2. The van der Waals surface area contributed by atoms with Crippen molar-refractivity contribution in [2.75, 3.05) is 22.9 Å². The van der Waals surface area contributed by atoms with Gasteiger partial charge in [0, 0.05) is 74.7 Å². The lowest BCUT2D eigenvalue weighted by molar-refractivity contribution is 0.850. The van der Waals surface area contributed by atoms with Crippen LogP contribution < -0.4 is 9.80 Å². The lowest BCUT2D eigenvalue weighted by Gasteiger charge is -2.40. The second kappa shape index (κ2) is 14.4. The van der Waals surface area contributed by atoms with Crippen molar-refractivity contribution < 1.29 is 0 Å². The van der Waals surface area contributed by atoms with Crippen LogP contribution in [0.1, 0.15) is 0 Å². The quantitative estimate of drug-likeness (QED) is 0.177. The maximum absolute atomic E-state index is 5.21. The van der Waals surface area contributed by atoms with Crippen LogP contribution in [0.5, 0.6) is 0 Å². The number of pyridine rings is 1. The molecule has 0 fully saturated rings. The number of fused-ring (bicyclic) bond motifs is 15. The first-order valence-corrected chi connectivity index (χ1v) is 22.8. The summed E-state index contributed by atoms with van der Waals surface area (Å²) in [5.74, 6) is 0. The van der Waals surface area contributed by atoms with Crippen molar-refractivity contribution >= 4 is 66.4 Å². The predicted octanol–water partition coefficient (Wildman–Crippen LogP) is 15.5. The van der Waals surface area contributed by atoms with Gasteiger partial charge >= 0.3 is 0 Å². The van der Waals surface area contributed by atoms with Gasteiger partial charge in [-0.2, -0.15) is 0 Å². The first kappa shape index (κ1) is 36.8. The highest BCUT2D eigenvalue weighted by atomic mass is 15.3. The maximum atomic E-state index is 5.21. The Hall–Kier alpha value is -8.67. The molecular weight excluding hydrogens is 803 g/mol. The lowest BCUT2D eigenvalue weighted by atomic mass is 9.82. The van der Waals surface area contributed by atoms with E-state index in [1.54, 1.807) is 0 Å². The van der Waals surface area contributed by atoms with E-state index >= 15 is 0 Å². The first-order chi connectivity index (χ1) is 32.8. The van der Waals surface area contributed by atoms with E-state index < -0.39 is 0 Å². The molecule has 3 aromatic heterocycles. The molecular formula is C61H41N5. The van der Waals surface area contributed by atoms with E-state index in [4.69, 9.17) is 4.98 Å². The van der Waals surface area contributed by atoms with Crippen molar-refractivity contribution in [2.45, 2.75) is 0 Å². The minimum absolute atomic E-state index is 0.848. The van der Waals surface area contributed by atoms with Crippen LogP contribution in [0.25, 0.3) is 99.6 Å². The Kier molecular flexibility index (Phi) is 8.04. The van der Waals surface area contributed by atoms with E-state index in [2.05, 4.69) is 237 Å². The normalized spacial score (nSPS) is 13.0. The molecule has 66 heavy (non-hydrogen) atoms. The predicted molar refractivity (Wildman–Crippen MR) is 275 cm³/mol. The van der Waals surface area contributed by atoms with Crippen molar-refractivity contribution in [3.05, 3.63) is 225 Å². The van der Waals surface area contributed by atoms with Gasteiger partial charge in [0.15, 0.2) is 0 Å². The highest BCUT2D eigenvalue weighted by Gasteiger charge is 2.31. The van der Waals surface area contributed by atoms with E-state index in [1.165, 1.54) is 94.2 Å². The van der Waals surface area contributed by atoms with Crippen molar-refractivity contribution in [1.82, 2.24) is 14.1 Å². The van der Waals surface area contributed by atoms with Gasteiger partial charge in [-0.25, -0.2) is 0 Å². The van der Waals surface area contributed by atoms with Crippen molar-refractivity contribution in [2.24, 2.45) is 0 Å². The first-order valence-electron chi connectivity index (χ1n) is 22.8. The molecule has 0 unspecified atom stereocenters. The fourth-order valence-corrected chi connectivity index (χ4v) is 11.1. The zero-order valence-corrected chi connectivity index (χ0v) is 36.0. The molecule has 1 aliphatic heterocycles. The summed E-state index contributed by atoms with van der Waals surface area (Å²) in [5, 5.41) is 4.97. The minimum atomic E-state index is 0.848. The number of benzene rings is 9. The number of anilines is 4. The Labute approximate surface area is 382 Å². The lowest BCUT2D eigenvalue weighted by Crippen LogP contribution is -2.36. The van der Waals surface area contributed by atoms with Crippen LogP contribution in [0.15, 0.2) is 225 Å². The van der Waals surface area contributed by atoms with Crippen LogP contribution in [-0.2, 0) is 0 Å². The summed E-state index contributed by atoms with van der Waals surface area (Å²) in [6.07, 6.45) is 1.94. The summed E-state index contributed by atoms with van der Waals surface area (Å²) < 4.78 is 4.87. The second-order valence-corrected chi connectivity index (χ2v) is 17.5. The Balaban J connectivity index is 1.02. The van der Waals surface area contributed by atoms with E-state index in [9.17, 15) is 0 Å². The molecule has 0 bridgehead atoms. The van der Waals surface area contributed by atoms with Crippen LogP contribution in [0.3, 0.4) is 0 Å². The average molecular weight is 844 g/mol. The number of nitrogens with zero attached hydrogens (tertiary/aromatic N) is 5. The van der Waals surface area contributed by atoms with E-state index in [1.807, 2.05) is 6.20 Å². The molecule has 5 heteroatoms. The molecule has 0 amide bonds. The van der Waals surface area contributed by atoms with E-state index in [0.717, 1.165) is 41.3 Å². The van der Waals surface area contributed by atoms with Crippen LogP contribution in [-0.4, -0.2) is 27.2 Å². The molecule has 0 N–H and O–H groups in total. The Morgan fingerprint density at radius 3 is 1.35 bits per heavy atom. The van der Waals surface area contributed by atoms with Crippen LogP contribution in [0, 0.1) is 0 Å². The van der Waals surface area contributed by atoms with Crippen LogP contribution >= 0.6 is 0 Å². The highest BCUT2D eigenvalue weighted by Crippen LogP contribution is 2.53. The fourth-order valence-electron chi connectivity index (χ4n) is 11.1. The SMILES string of the molecule is c1ccc(N2CCN(c3ccccc3)c3cc4c(cc32)-c2ccc(-n3c5ccccc5c5cc(-n6c7ccccc7c7ccccc76)ccc53)cc2-c2ccccc2-c2cccnc2-4)cc1. The van der Waals surface area contributed by atoms with Gasteiger partial charge in [-0.1, -0.05) is 127 Å². The van der Waals surface area contributed by atoms with Gasteiger partial charge in [0.25, 0.3) is 0 Å². The molecule has 0 spiro atoms. The average Bonchev–Trinajstić information content (AvgIpc) is 3.90. The molecule has 12 aromatic rings. The third kappa shape index (κ3) is 5.44. The molecule has 1 aliphatic carbocycles. The van der Waals surface area contributed by atoms with E-state index in [-0.39, 0.29) is 0 Å². The topological polar surface area (TPSA) is 29.2 Å². The summed E-state index contributed by atoms with van der Waals surface area (Å²) in [6.45, 7) is 1.70. The largest absolute Gasteiger partial charge is 0.338 e. The van der Waals surface area contributed by atoms with Gasteiger partial charge in [0.05, 0.1) is 39.1 Å². The zero-order valence-electron chi connectivity index (χ0n) is 36.0. The zero-order chi connectivity index (χ0) is 43.3. The Morgan fingerprint density at radius 2 is 0.727 bits per heavy atom. The summed E-state index contributed by atoms with van der Waals surface area (Å²) >= 11 is 0. The Bertz CT molecular complexity index is 3850. The third-order valence-corrected chi connectivity index (χ3v) is 14.0. The monoisotopic (exact) mass is 843 g/mol. The second-order valence-electron chi connectivity index (χ2n) is 17.5. The number of aromatic nitrogens is 3. The number of rotatable bonds is 4. The molecule has 14 rings (SSSR count). The molecule has 310 valence electrons. The minimum Gasteiger partial charge on any atom is -0.338 e. The summed E-state index contributed by atoms with van der Waals surface area (Å²) in [5.41, 5.74) is 20.9. The van der Waals surface area contributed by atoms with Crippen LogP contribution in [0.4, 0.5) is 22.7 Å². The maximum Gasteiger partial charge on any atom is 0.0787 e. The molecule has 2 aliphatic rings. The summed E-state index contributed by atoms with van der Waals surface area (Å²) in [6, 6.07) is 80.1. The van der Waals surface area contributed by atoms with Gasteiger partial charge in [0.2, 0.25) is 0 Å². The number of para-hydroxylation sites is 5.